The summed E-state index contributed by atoms with van der Waals surface area (Å²) in [7, 11) is 0. The van der Waals surface area contributed by atoms with Crippen molar-refractivity contribution < 1.29 is 24.2 Å². The molecular weight excluding hydrogens is 464 g/mol. The van der Waals surface area contributed by atoms with E-state index in [1.165, 1.54) is 38.5 Å². The number of benzene rings is 1. The van der Waals surface area contributed by atoms with Gasteiger partial charge in [-0.2, -0.15) is 0 Å². The summed E-state index contributed by atoms with van der Waals surface area (Å²) in [4.78, 5) is 40.5. The van der Waals surface area contributed by atoms with Gasteiger partial charge < -0.3 is 9.84 Å². The highest BCUT2D eigenvalue weighted by molar-refractivity contribution is 6.25. The molecule has 5 nitrogen and oxygen atoms in total. The van der Waals surface area contributed by atoms with Gasteiger partial charge in [0.1, 0.15) is 5.76 Å². The van der Waals surface area contributed by atoms with Crippen molar-refractivity contribution in [2.24, 2.45) is 5.41 Å². The van der Waals surface area contributed by atoms with Crippen LogP contribution < -0.4 is 0 Å². The Balaban J connectivity index is 1.54. The maximum atomic E-state index is 13.6. The zero-order valence-electron chi connectivity index (χ0n) is 22.5. The number of carbonyl (C=O) groups excluding carboxylic acids is 3. The maximum absolute atomic E-state index is 13.6. The first-order valence-corrected chi connectivity index (χ1v) is 14.0. The highest BCUT2D eigenvalue weighted by Crippen LogP contribution is 2.51. The van der Waals surface area contributed by atoms with Gasteiger partial charge in [0.15, 0.2) is 17.3 Å². The molecule has 2 aliphatic carbocycles. The van der Waals surface area contributed by atoms with Gasteiger partial charge in [0.05, 0.1) is 5.57 Å². The summed E-state index contributed by atoms with van der Waals surface area (Å²) in [6.07, 6.45) is 11.4. The van der Waals surface area contributed by atoms with Gasteiger partial charge >= 0.3 is 0 Å². The predicted molar refractivity (Wildman–Crippen MR) is 144 cm³/mol. The maximum Gasteiger partial charge on any atom is 0.228 e. The molecule has 1 N–H and O–H groups in total. The number of carbonyl (C=O) groups is 3. The van der Waals surface area contributed by atoms with Crippen LogP contribution >= 0.6 is 0 Å². The van der Waals surface area contributed by atoms with Crippen molar-refractivity contribution in [2.45, 2.75) is 104 Å². The predicted octanol–water partition coefficient (Wildman–Crippen LogP) is 7.58. The van der Waals surface area contributed by atoms with Crippen molar-refractivity contribution in [3.8, 4) is 0 Å². The van der Waals surface area contributed by atoms with Crippen LogP contribution in [0.5, 0.6) is 0 Å². The second kappa shape index (κ2) is 11.6. The van der Waals surface area contributed by atoms with Crippen molar-refractivity contribution in [3.63, 3.8) is 0 Å². The van der Waals surface area contributed by atoms with E-state index in [0.717, 1.165) is 24.8 Å². The van der Waals surface area contributed by atoms with Crippen LogP contribution in [0.25, 0.3) is 0 Å². The van der Waals surface area contributed by atoms with E-state index >= 15 is 0 Å². The van der Waals surface area contributed by atoms with E-state index < -0.39 is 23.2 Å². The molecule has 0 fully saturated rings. The van der Waals surface area contributed by atoms with Gasteiger partial charge in [0, 0.05) is 29.9 Å². The van der Waals surface area contributed by atoms with Gasteiger partial charge in [-0.3, -0.25) is 14.4 Å². The largest absolute Gasteiger partial charge is 0.504 e. The topological polar surface area (TPSA) is 80.7 Å². The fourth-order valence-electron chi connectivity index (χ4n) is 5.88. The Bertz CT molecular complexity index is 1150. The minimum atomic E-state index is -0.712. The lowest BCUT2D eigenvalue weighted by molar-refractivity contribution is -0.122. The number of Topliss-reactive ketones (excluding diaryl/α,β-unsaturated/α-hetero) is 3. The summed E-state index contributed by atoms with van der Waals surface area (Å²) in [5.41, 5.74) is 1.13. The summed E-state index contributed by atoms with van der Waals surface area (Å²) in [5.74, 6) is -1.81. The molecule has 0 amide bonds. The highest BCUT2D eigenvalue weighted by atomic mass is 16.5. The third-order valence-electron chi connectivity index (χ3n) is 7.82. The zero-order valence-corrected chi connectivity index (χ0v) is 22.5. The van der Waals surface area contributed by atoms with E-state index in [1.54, 1.807) is 0 Å². The summed E-state index contributed by atoms with van der Waals surface area (Å²) in [6, 6.07) is 9.28. The molecule has 1 aromatic carbocycles. The van der Waals surface area contributed by atoms with Crippen molar-refractivity contribution in [3.05, 3.63) is 69.9 Å². The molecule has 0 spiro atoms. The molecule has 3 aliphatic rings. The van der Waals surface area contributed by atoms with Gasteiger partial charge in [-0.25, -0.2) is 0 Å². The Hall–Kier alpha value is -2.95. The average Bonchev–Trinajstić information content (AvgIpc) is 2.86. The summed E-state index contributed by atoms with van der Waals surface area (Å²) >= 11 is 0. The molecule has 198 valence electrons. The molecular formula is C32H40O5. The minimum absolute atomic E-state index is 0.00757. The molecule has 0 aromatic heterocycles. The highest BCUT2D eigenvalue weighted by Gasteiger charge is 2.49. The summed E-state index contributed by atoms with van der Waals surface area (Å²) < 4.78 is 6.13. The van der Waals surface area contributed by atoms with Gasteiger partial charge in [-0.1, -0.05) is 102 Å². The fraction of sp³-hybridized carbons (Fsp3) is 0.531. The quantitative estimate of drug-likeness (QED) is 0.248. The van der Waals surface area contributed by atoms with Gasteiger partial charge in [0.2, 0.25) is 11.6 Å². The van der Waals surface area contributed by atoms with E-state index in [-0.39, 0.29) is 28.1 Å². The molecule has 4 rings (SSSR count). The van der Waals surface area contributed by atoms with Crippen molar-refractivity contribution >= 4 is 17.3 Å². The van der Waals surface area contributed by atoms with Gasteiger partial charge in [-0.15, -0.1) is 0 Å². The van der Waals surface area contributed by atoms with Crippen LogP contribution in [0.1, 0.15) is 109 Å². The van der Waals surface area contributed by atoms with E-state index in [9.17, 15) is 19.5 Å². The molecule has 5 heteroatoms. The molecule has 0 radical (unpaired) electrons. The molecule has 1 atom stereocenters. The molecule has 0 bridgehead atoms. The van der Waals surface area contributed by atoms with E-state index in [0.29, 0.717) is 30.6 Å². The van der Waals surface area contributed by atoms with Crippen LogP contribution in [0.4, 0.5) is 0 Å². The SMILES string of the molecule is CCCCCCCCCCCC1=C(O)C(=O)C2=C(OC3=C(C(=O)CC(C)(C)C3)C2c2ccccc2)C1=O. The lowest BCUT2D eigenvalue weighted by atomic mass is 9.68. The van der Waals surface area contributed by atoms with E-state index in [2.05, 4.69) is 6.92 Å². The molecule has 0 saturated carbocycles. The molecule has 37 heavy (non-hydrogen) atoms. The Morgan fingerprint density at radius 1 is 0.838 bits per heavy atom. The lowest BCUT2D eigenvalue weighted by Gasteiger charge is -2.39. The van der Waals surface area contributed by atoms with Crippen LogP contribution in [0.15, 0.2) is 64.3 Å². The first-order valence-electron chi connectivity index (χ1n) is 14.0. The minimum Gasteiger partial charge on any atom is -0.504 e. The van der Waals surface area contributed by atoms with Crippen molar-refractivity contribution in [2.75, 3.05) is 0 Å². The van der Waals surface area contributed by atoms with Gasteiger partial charge in [-0.05, 0) is 23.8 Å². The number of aliphatic hydroxyl groups is 1. The van der Waals surface area contributed by atoms with Crippen LogP contribution in [0, 0.1) is 5.41 Å². The number of ether oxygens (including phenoxy) is 1. The number of unbranched alkanes of at least 4 members (excludes halogenated alkanes) is 8. The third-order valence-corrected chi connectivity index (χ3v) is 7.82. The monoisotopic (exact) mass is 504 g/mol. The molecule has 1 unspecified atom stereocenters. The second-order valence-corrected chi connectivity index (χ2v) is 11.5. The number of rotatable bonds is 11. The van der Waals surface area contributed by atoms with Crippen LogP contribution in [0.3, 0.4) is 0 Å². The molecule has 1 aromatic rings. The van der Waals surface area contributed by atoms with Crippen molar-refractivity contribution in [1.82, 2.24) is 0 Å². The number of ketones is 3. The molecule has 1 heterocycles. The smallest absolute Gasteiger partial charge is 0.228 e. The van der Waals surface area contributed by atoms with Crippen LogP contribution in [-0.4, -0.2) is 22.5 Å². The van der Waals surface area contributed by atoms with E-state index in [1.807, 2.05) is 44.2 Å². The summed E-state index contributed by atoms with van der Waals surface area (Å²) in [5, 5.41) is 10.9. The fourth-order valence-corrected chi connectivity index (χ4v) is 5.88. The van der Waals surface area contributed by atoms with Crippen LogP contribution in [-0.2, 0) is 19.1 Å². The standard InChI is InChI=1S/C32H40O5/c1-4-5-6-7-8-9-10-11-15-18-22-28(34)30(36)27-25(21-16-13-12-14-17-21)26-23(33)19-32(2,3)20-24(26)37-31(27)29(22)35/h12-14,16-17,25,34H,4-11,15,18-20H2,1-3H3. The Morgan fingerprint density at radius 2 is 1.46 bits per heavy atom. The van der Waals surface area contributed by atoms with Crippen LogP contribution in [0.2, 0.25) is 0 Å². The average molecular weight is 505 g/mol. The first kappa shape index (κ1) is 27.1. The first-order chi connectivity index (χ1) is 17.7. The number of aliphatic hydroxyl groups excluding tert-OH is 1. The van der Waals surface area contributed by atoms with Gasteiger partial charge in [0.25, 0.3) is 0 Å². The Morgan fingerprint density at radius 3 is 2.11 bits per heavy atom. The Labute approximate surface area is 220 Å². The lowest BCUT2D eigenvalue weighted by Crippen LogP contribution is -2.37. The van der Waals surface area contributed by atoms with Crippen molar-refractivity contribution in [1.29, 1.82) is 0 Å². The second-order valence-electron chi connectivity index (χ2n) is 11.5. The molecule has 1 aliphatic heterocycles. The molecule has 0 saturated heterocycles. The third kappa shape index (κ3) is 5.81. The summed E-state index contributed by atoms with van der Waals surface area (Å²) in [6.45, 7) is 6.23. The Kier molecular flexibility index (Phi) is 8.51. The normalized spacial score (nSPS) is 21.3. The van der Waals surface area contributed by atoms with E-state index in [4.69, 9.17) is 4.74 Å². The number of hydrogen-bond donors (Lipinski definition) is 1. The number of allylic oxidation sites excluding steroid dienone is 4. The zero-order chi connectivity index (χ0) is 26.6. The number of hydrogen-bond acceptors (Lipinski definition) is 5.